The summed E-state index contributed by atoms with van der Waals surface area (Å²) in [7, 11) is 0. The lowest BCUT2D eigenvalue weighted by molar-refractivity contribution is -0.383. The van der Waals surface area contributed by atoms with Crippen molar-refractivity contribution in [3.8, 4) is 0 Å². The summed E-state index contributed by atoms with van der Waals surface area (Å²) in [5.74, 6) is 0. The summed E-state index contributed by atoms with van der Waals surface area (Å²) in [6.45, 7) is 2.58. The second kappa shape index (κ2) is 5.05. The average molecular weight is 263 g/mol. The van der Waals surface area contributed by atoms with E-state index in [9.17, 15) is 10.1 Å². The Hall–Kier alpha value is -2.08. The summed E-state index contributed by atoms with van der Waals surface area (Å²) in [6.07, 6.45) is 0. The predicted molar refractivity (Wildman–Crippen MR) is 73.9 cm³/mol. The second-order valence-corrected chi connectivity index (χ2v) is 5.27. The summed E-state index contributed by atoms with van der Waals surface area (Å²) >= 11 is 1.66. The van der Waals surface area contributed by atoms with Crippen molar-refractivity contribution in [2.45, 2.75) is 13.5 Å². The monoisotopic (exact) mass is 263 g/mol. The number of hydrogen-bond acceptors (Lipinski definition) is 5. The number of nitrogens with two attached hydrogens (primary N) is 1. The number of benzene rings is 1. The number of rotatable bonds is 4. The van der Waals surface area contributed by atoms with Gasteiger partial charge in [0.2, 0.25) is 0 Å². The lowest BCUT2D eigenvalue weighted by Gasteiger charge is -2.06. The van der Waals surface area contributed by atoms with E-state index in [1.54, 1.807) is 17.4 Å². The van der Waals surface area contributed by atoms with Crippen LogP contribution < -0.4 is 11.1 Å². The van der Waals surface area contributed by atoms with E-state index in [0.717, 1.165) is 4.88 Å². The topological polar surface area (TPSA) is 81.2 Å². The number of aryl methyl sites for hydroxylation is 1. The van der Waals surface area contributed by atoms with Crippen LogP contribution in [0.25, 0.3) is 0 Å². The smallest absolute Gasteiger partial charge is 0.292 e. The quantitative estimate of drug-likeness (QED) is 0.504. The first-order valence-electron chi connectivity index (χ1n) is 5.39. The molecule has 0 saturated carbocycles. The average Bonchev–Trinajstić information content (AvgIpc) is 2.72. The lowest BCUT2D eigenvalue weighted by atomic mass is 10.2. The SMILES string of the molecule is Cc1ccc(CNc2cc(N)ccc2[N+](=O)[O-])s1. The minimum Gasteiger partial charge on any atom is -0.399 e. The molecule has 0 amide bonds. The number of hydrogen-bond donors (Lipinski definition) is 2. The molecule has 0 fully saturated rings. The Kier molecular flexibility index (Phi) is 3.47. The maximum absolute atomic E-state index is 10.9. The van der Waals surface area contributed by atoms with Crippen molar-refractivity contribution < 1.29 is 4.92 Å². The largest absolute Gasteiger partial charge is 0.399 e. The highest BCUT2D eigenvalue weighted by Gasteiger charge is 2.13. The van der Waals surface area contributed by atoms with Crippen molar-refractivity contribution in [1.82, 2.24) is 0 Å². The zero-order valence-electron chi connectivity index (χ0n) is 9.84. The molecule has 0 saturated heterocycles. The first-order chi connectivity index (χ1) is 8.56. The van der Waals surface area contributed by atoms with Gasteiger partial charge in [-0.15, -0.1) is 11.3 Å². The Morgan fingerprint density at radius 2 is 2.17 bits per heavy atom. The predicted octanol–water partition coefficient (Wildman–Crippen LogP) is 3.16. The molecular weight excluding hydrogens is 250 g/mol. The molecule has 2 aromatic rings. The highest BCUT2D eigenvalue weighted by molar-refractivity contribution is 7.11. The van der Waals surface area contributed by atoms with E-state index in [1.165, 1.54) is 17.0 Å². The van der Waals surface area contributed by atoms with Crippen LogP contribution >= 0.6 is 11.3 Å². The minimum atomic E-state index is -0.415. The molecule has 3 N–H and O–H groups in total. The summed E-state index contributed by atoms with van der Waals surface area (Å²) in [5, 5.41) is 13.9. The zero-order valence-corrected chi connectivity index (χ0v) is 10.7. The third-order valence-electron chi connectivity index (χ3n) is 2.47. The van der Waals surface area contributed by atoms with Gasteiger partial charge >= 0.3 is 0 Å². The number of nitrogens with one attached hydrogen (secondary N) is 1. The van der Waals surface area contributed by atoms with Gasteiger partial charge in [0.1, 0.15) is 5.69 Å². The van der Waals surface area contributed by atoms with Crippen molar-refractivity contribution in [3.63, 3.8) is 0 Å². The van der Waals surface area contributed by atoms with E-state index >= 15 is 0 Å². The van der Waals surface area contributed by atoms with E-state index in [4.69, 9.17) is 5.73 Å². The van der Waals surface area contributed by atoms with Gasteiger partial charge in [0, 0.05) is 28.1 Å². The molecule has 1 aromatic heterocycles. The van der Waals surface area contributed by atoms with Crippen LogP contribution in [0.3, 0.4) is 0 Å². The molecule has 1 heterocycles. The summed E-state index contributed by atoms with van der Waals surface area (Å²) in [5.41, 5.74) is 6.64. The number of anilines is 2. The Morgan fingerprint density at radius 1 is 1.39 bits per heavy atom. The van der Waals surface area contributed by atoms with Crippen LogP contribution in [0, 0.1) is 17.0 Å². The van der Waals surface area contributed by atoms with E-state index in [1.807, 2.05) is 19.1 Å². The number of thiophene rings is 1. The van der Waals surface area contributed by atoms with Crippen LogP contribution in [0.15, 0.2) is 30.3 Å². The first kappa shape index (κ1) is 12.4. The Labute approximate surface area is 108 Å². The molecule has 0 spiro atoms. The third kappa shape index (κ3) is 2.78. The summed E-state index contributed by atoms with van der Waals surface area (Å²) < 4.78 is 0. The highest BCUT2D eigenvalue weighted by Crippen LogP contribution is 2.27. The van der Waals surface area contributed by atoms with Gasteiger partial charge in [-0.05, 0) is 31.2 Å². The van der Waals surface area contributed by atoms with Gasteiger partial charge in [0.15, 0.2) is 0 Å². The summed E-state index contributed by atoms with van der Waals surface area (Å²) in [4.78, 5) is 12.8. The fourth-order valence-corrected chi connectivity index (χ4v) is 2.45. The van der Waals surface area contributed by atoms with Gasteiger partial charge in [-0.2, -0.15) is 0 Å². The van der Waals surface area contributed by atoms with Crippen LogP contribution in [0.1, 0.15) is 9.75 Å². The van der Waals surface area contributed by atoms with Crippen molar-refractivity contribution in [3.05, 3.63) is 50.2 Å². The number of nitro benzene ring substituents is 1. The lowest BCUT2D eigenvalue weighted by Crippen LogP contribution is -2.02. The highest BCUT2D eigenvalue weighted by atomic mass is 32.1. The van der Waals surface area contributed by atoms with Crippen molar-refractivity contribution in [1.29, 1.82) is 0 Å². The molecule has 0 aliphatic carbocycles. The van der Waals surface area contributed by atoms with Crippen LogP contribution in [0.5, 0.6) is 0 Å². The molecule has 0 aliphatic rings. The molecule has 18 heavy (non-hydrogen) atoms. The standard InChI is InChI=1S/C12H13N3O2S/c1-8-2-4-10(18-8)7-14-11-6-9(13)3-5-12(11)15(16)17/h2-6,14H,7,13H2,1H3. The molecule has 0 atom stereocenters. The Bertz CT molecular complexity index is 580. The third-order valence-corrected chi connectivity index (χ3v) is 3.47. The molecule has 2 rings (SSSR count). The molecule has 6 heteroatoms. The van der Waals surface area contributed by atoms with Crippen LogP contribution in [-0.4, -0.2) is 4.92 Å². The van der Waals surface area contributed by atoms with Crippen LogP contribution in [-0.2, 0) is 6.54 Å². The van der Waals surface area contributed by atoms with Crippen molar-refractivity contribution in [2.75, 3.05) is 11.1 Å². The fourth-order valence-electron chi connectivity index (χ4n) is 1.62. The van der Waals surface area contributed by atoms with E-state index in [2.05, 4.69) is 5.32 Å². The van der Waals surface area contributed by atoms with Gasteiger partial charge < -0.3 is 11.1 Å². The number of nitro groups is 1. The number of nitrogens with zero attached hydrogens (tertiary/aromatic N) is 1. The maximum atomic E-state index is 10.9. The molecule has 0 aliphatic heterocycles. The fraction of sp³-hybridized carbons (Fsp3) is 0.167. The Balaban J connectivity index is 2.17. The van der Waals surface area contributed by atoms with Gasteiger partial charge in [-0.1, -0.05) is 0 Å². The van der Waals surface area contributed by atoms with Crippen molar-refractivity contribution >= 4 is 28.4 Å². The first-order valence-corrected chi connectivity index (χ1v) is 6.21. The van der Waals surface area contributed by atoms with E-state index in [-0.39, 0.29) is 5.69 Å². The zero-order chi connectivity index (χ0) is 13.1. The van der Waals surface area contributed by atoms with Gasteiger partial charge in [-0.25, -0.2) is 0 Å². The molecule has 5 nitrogen and oxygen atoms in total. The molecule has 0 radical (unpaired) electrons. The molecule has 94 valence electrons. The minimum absolute atomic E-state index is 0.0393. The van der Waals surface area contributed by atoms with Gasteiger partial charge in [0.05, 0.1) is 4.92 Å². The number of nitrogen functional groups attached to an aromatic ring is 1. The van der Waals surface area contributed by atoms with E-state index in [0.29, 0.717) is 17.9 Å². The van der Waals surface area contributed by atoms with Gasteiger partial charge in [0.25, 0.3) is 5.69 Å². The molecule has 0 unspecified atom stereocenters. The summed E-state index contributed by atoms with van der Waals surface area (Å²) in [6, 6.07) is 8.55. The normalized spacial score (nSPS) is 10.3. The van der Waals surface area contributed by atoms with Crippen LogP contribution in [0.4, 0.5) is 17.1 Å². The van der Waals surface area contributed by atoms with Gasteiger partial charge in [-0.3, -0.25) is 10.1 Å². The molecular formula is C12H13N3O2S. The second-order valence-electron chi connectivity index (χ2n) is 3.90. The van der Waals surface area contributed by atoms with Crippen molar-refractivity contribution in [2.24, 2.45) is 0 Å². The van der Waals surface area contributed by atoms with Crippen LogP contribution in [0.2, 0.25) is 0 Å². The molecule has 0 bridgehead atoms. The Morgan fingerprint density at radius 3 is 2.78 bits per heavy atom. The van der Waals surface area contributed by atoms with E-state index < -0.39 is 4.92 Å². The maximum Gasteiger partial charge on any atom is 0.292 e. The molecule has 1 aromatic carbocycles.